The van der Waals surface area contributed by atoms with Gasteiger partial charge in [0.05, 0.1) is 12.5 Å². The van der Waals surface area contributed by atoms with Crippen molar-refractivity contribution in [3.05, 3.63) is 34.6 Å². The van der Waals surface area contributed by atoms with Crippen LogP contribution in [0.15, 0.2) is 18.2 Å². The van der Waals surface area contributed by atoms with Gasteiger partial charge in [-0.2, -0.15) is 0 Å². The molecule has 0 fully saturated rings. The van der Waals surface area contributed by atoms with Gasteiger partial charge in [0, 0.05) is 10.6 Å². The molecular formula is C9H8ClFO3. The number of aliphatic hydroxyl groups excluding tert-OH is 1. The summed E-state index contributed by atoms with van der Waals surface area (Å²) in [6, 6.07) is 3.69. The third kappa shape index (κ3) is 2.68. The maximum atomic E-state index is 13.1. The Bertz CT molecular complexity index is 354. The van der Waals surface area contributed by atoms with Gasteiger partial charge in [0.25, 0.3) is 0 Å². The van der Waals surface area contributed by atoms with Crippen LogP contribution in [-0.4, -0.2) is 16.2 Å². The molecule has 76 valence electrons. The van der Waals surface area contributed by atoms with E-state index < -0.39 is 24.3 Å². The highest BCUT2D eigenvalue weighted by Crippen LogP contribution is 2.22. The summed E-state index contributed by atoms with van der Waals surface area (Å²) in [5.41, 5.74) is -0.0585. The van der Waals surface area contributed by atoms with E-state index in [0.29, 0.717) is 0 Å². The first-order chi connectivity index (χ1) is 6.50. The SMILES string of the molecule is O=C(O)C[C@H](O)c1ccc(Cl)cc1F. The maximum absolute atomic E-state index is 13.1. The van der Waals surface area contributed by atoms with E-state index >= 15 is 0 Å². The Morgan fingerprint density at radius 1 is 1.57 bits per heavy atom. The summed E-state index contributed by atoms with van der Waals surface area (Å²) in [7, 11) is 0. The van der Waals surface area contributed by atoms with Crippen molar-refractivity contribution in [3.8, 4) is 0 Å². The van der Waals surface area contributed by atoms with Crippen LogP contribution in [0.3, 0.4) is 0 Å². The Hall–Kier alpha value is -1.13. The van der Waals surface area contributed by atoms with Gasteiger partial charge < -0.3 is 10.2 Å². The number of hydrogen-bond acceptors (Lipinski definition) is 2. The summed E-state index contributed by atoms with van der Waals surface area (Å²) in [6.45, 7) is 0. The number of rotatable bonds is 3. The second-order valence-corrected chi connectivity index (χ2v) is 3.22. The number of hydrogen-bond donors (Lipinski definition) is 2. The first-order valence-corrected chi connectivity index (χ1v) is 4.23. The molecule has 0 amide bonds. The van der Waals surface area contributed by atoms with Crippen molar-refractivity contribution in [2.24, 2.45) is 0 Å². The van der Waals surface area contributed by atoms with E-state index in [2.05, 4.69) is 0 Å². The van der Waals surface area contributed by atoms with E-state index in [4.69, 9.17) is 16.7 Å². The first kappa shape index (κ1) is 10.9. The molecular weight excluding hydrogens is 211 g/mol. The fourth-order valence-electron chi connectivity index (χ4n) is 1.05. The minimum atomic E-state index is -1.34. The number of carbonyl (C=O) groups is 1. The van der Waals surface area contributed by atoms with Crippen LogP contribution in [0.4, 0.5) is 4.39 Å². The number of carboxylic acid groups (broad SMARTS) is 1. The van der Waals surface area contributed by atoms with Gasteiger partial charge >= 0.3 is 5.97 Å². The lowest BCUT2D eigenvalue weighted by Crippen LogP contribution is -2.07. The Balaban J connectivity index is 2.90. The van der Waals surface area contributed by atoms with Crippen LogP contribution in [-0.2, 0) is 4.79 Å². The predicted octanol–water partition coefficient (Wildman–Crippen LogP) is 1.99. The summed E-state index contributed by atoms with van der Waals surface area (Å²) in [5.74, 6) is -1.89. The monoisotopic (exact) mass is 218 g/mol. The molecule has 0 saturated carbocycles. The molecule has 0 bridgehead atoms. The smallest absolute Gasteiger partial charge is 0.306 e. The summed E-state index contributed by atoms with van der Waals surface area (Å²) in [5, 5.41) is 17.9. The van der Waals surface area contributed by atoms with E-state index in [1.165, 1.54) is 12.1 Å². The molecule has 0 aromatic heterocycles. The van der Waals surface area contributed by atoms with Crippen molar-refractivity contribution in [1.82, 2.24) is 0 Å². The molecule has 0 spiro atoms. The van der Waals surface area contributed by atoms with Crippen molar-refractivity contribution in [1.29, 1.82) is 0 Å². The van der Waals surface area contributed by atoms with Crippen molar-refractivity contribution in [2.75, 3.05) is 0 Å². The van der Waals surface area contributed by atoms with Crippen molar-refractivity contribution in [2.45, 2.75) is 12.5 Å². The van der Waals surface area contributed by atoms with Crippen LogP contribution >= 0.6 is 11.6 Å². The summed E-state index contributed by atoms with van der Waals surface area (Å²) >= 11 is 5.49. The van der Waals surface area contributed by atoms with E-state index in [-0.39, 0.29) is 10.6 Å². The third-order valence-electron chi connectivity index (χ3n) is 1.69. The maximum Gasteiger partial charge on any atom is 0.306 e. The Morgan fingerprint density at radius 2 is 2.21 bits per heavy atom. The number of halogens is 2. The molecule has 1 aromatic carbocycles. The zero-order valence-corrected chi connectivity index (χ0v) is 7.83. The minimum Gasteiger partial charge on any atom is -0.481 e. The predicted molar refractivity (Wildman–Crippen MR) is 48.6 cm³/mol. The van der Waals surface area contributed by atoms with Gasteiger partial charge in [0.2, 0.25) is 0 Å². The molecule has 5 heteroatoms. The van der Waals surface area contributed by atoms with Crippen molar-refractivity contribution >= 4 is 17.6 Å². The van der Waals surface area contributed by atoms with Crippen LogP contribution in [0.1, 0.15) is 18.1 Å². The zero-order valence-electron chi connectivity index (χ0n) is 7.08. The molecule has 1 aromatic rings. The summed E-state index contributed by atoms with van der Waals surface area (Å²) in [4.78, 5) is 10.3. The standard InChI is InChI=1S/C9H8ClFO3/c10-5-1-2-6(7(11)3-5)8(12)4-9(13)14/h1-3,8,12H,4H2,(H,13,14)/t8-/m0/s1. The summed E-state index contributed by atoms with van der Waals surface area (Å²) < 4.78 is 13.1. The normalized spacial score (nSPS) is 12.5. The number of aliphatic hydroxyl groups is 1. The lowest BCUT2D eigenvalue weighted by atomic mass is 10.1. The zero-order chi connectivity index (χ0) is 10.7. The molecule has 0 aliphatic carbocycles. The second-order valence-electron chi connectivity index (χ2n) is 2.78. The number of benzene rings is 1. The van der Waals surface area contributed by atoms with Crippen LogP contribution in [0.2, 0.25) is 5.02 Å². The average Bonchev–Trinajstić information content (AvgIpc) is 2.01. The topological polar surface area (TPSA) is 57.5 Å². The van der Waals surface area contributed by atoms with Crippen molar-refractivity contribution in [3.63, 3.8) is 0 Å². The van der Waals surface area contributed by atoms with Gasteiger partial charge in [-0.3, -0.25) is 4.79 Å². The largest absolute Gasteiger partial charge is 0.481 e. The Kier molecular flexibility index (Phi) is 3.43. The minimum absolute atomic E-state index is 0.0585. The van der Waals surface area contributed by atoms with Gasteiger partial charge in [-0.05, 0) is 12.1 Å². The molecule has 0 unspecified atom stereocenters. The lowest BCUT2D eigenvalue weighted by Gasteiger charge is -2.09. The Morgan fingerprint density at radius 3 is 2.71 bits per heavy atom. The van der Waals surface area contributed by atoms with Crippen molar-refractivity contribution < 1.29 is 19.4 Å². The van der Waals surface area contributed by atoms with Crippen LogP contribution < -0.4 is 0 Å². The highest BCUT2D eigenvalue weighted by Gasteiger charge is 2.15. The Labute approximate surface area is 84.7 Å². The second kappa shape index (κ2) is 4.39. The van der Waals surface area contributed by atoms with Gasteiger partial charge in [-0.25, -0.2) is 4.39 Å². The molecule has 0 heterocycles. The molecule has 0 aliphatic rings. The number of carboxylic acids is 1. The first-order valence-electron chi connectivity index (χ1n) is 3.85. The quantitative estimate of drug-likeness (QED) is 0.816. The molecule has 0 saturated heterocycles. The molecule has 0 radical (unpaired) electrons. The molecule has 2 N–H and O–H groups in total. The molecule has 14 heavy (non-hydrogen) atoms. The van der Waals surface area contributed by atoms with Crippen LogP contribution in [0.25, 0.3) is 0 Å². The lowest BCUT2D eigenvalue weighted by molar-refractivity contribution is -0.139. The molecule has 1 rings (SSSR count). The van der Waals surface area contributed by atoms with E-state index in [1.54, 1.807) is 0 Å². The van der Waals surface area contributed by atoms with Gasteiger partial charge in [0.1, 0.15) is 5.82 Å². The highest BCUT2D eigenvalue weighted by atomic mass is 35.5. The van der Waals surface area contributed by atoms with Gasteiger partial charge in [-0.15, -0.1) is 0 Å². The van der Waals surface area contributed by atoms with Crippen LogP contribution in [0, 0.1) is 5.82 Å². The van der Waals surface area contributed by atoms with E-state index in [1.807, 2.05) is 0 Å². The van der Waals surface area contributed by atoms with Gasteiger partial charge in [-0.1, -0.05) is 17.7 Å². The summed E-state index contributed by atoms with van der Waals surface area (Å²) in [6.07, 6.45) is -1.87. The molecule has 0 aliphatic heterocycles. The highest BCUT2D eigenvalue weighted by molar-refractivity contribution is 6.30. The third-order valence-corrected chi connectivity index (χ3v) is 1.92. The van der Waals surface area contributed by atoms with Gasteiger partial charge in [0.15, 0.2) is 0 Å². The van der Waals surface area contributed by atoms with E-state index in [9.17, 15) is 14.3 Å². The molecule has 1 atom stereocenters. The van der Waals surface area contributed by atoms with Crippen LogP contribution in [0.5, 0.6) is 0 Å². The number of aliphatic carboxylic acids is 1. The molecule has 3 nitrogen and oxygen atoms in total. The fraction of sp³-hybridized carbons (Fsp3) is 0.222. The van der Waals surface area contributed by atoms with E-state index in [0.717, 1.165) is 6.07 Å². The fourth-order valence-corrected chi connectivity index (χ4v) is 1.21. The average molecular weight is 219 g/mol.